The van der Waals surface area contributed by atoms with E-state index in [-0.39, 0.29) is 24.1 Å². The highest BCUT2D eigenvalue weighted by Crippen LogP contribution is 2.17. The van der Waals surface area contributed by atoms with Crippen LogP contribution < -0.4 is 10.9 Å². The minimum atomic E-state index is -0.285. The van der Waals surface area contributed by atoms with E-state index < -0.39 is 0 Å². The van der Waals surface area contributed by atoms with Gasteiger partial charge in [-0.15, -0.1) is 0 Å². The van der Waals surface area contributed by atoms with Crippen molar-refractivity contribution < 1.29 is 9.53 Å². The van der Waals surface area contributed by atoms with E-state index in [1.165, 1.54) is 17.1 Å². The fourth-order valence-corrected chi connectivity index (χ4v) is 3.28. The molecule has 0 bridgehead atoms. The summed E-state index contributed by atoms with van der Waals surface area (Å²) in [5.41, 5.74) is 2.09. The van der Waals surface area contributed by atoms with Gasteiger partial charge in [-0.25, -0.2) is 9.67 Å². The number of aromatic nitrogens is 4. The molecule has 1 aliphatic heterocycles. The van der Waals surface area contributed by atoms with E-state index in [0.29, 0.717) is 17.6 Å². The molecule has 1 fully saturated rings. The summed E-state index contributed by atoms with van der Waals surface area (Å²) in [6.07, 6.45) is 4.93. The van der Waals surface area contributed by atoms with Gasteiger partial charge in [0.15, 0.2) is 5.65 Å². The van der Waals surface area contributed by atoms with Gasteiger partial charge in [-0.1, -0.05) is 18.2 Å². The van der Waals surface area contributed by atoms with Gasteiger partial charge in [-0.3, -0.25) is 14.2 Å². The minimum absolute atomic E-state index is 0.0682. The number of rotatable bonds is 5. The third-order valence-corrected chi connectivity index (χ3v) is 4.76. The van der Waals surface area contributed by atoms with Crippen molar-refractivity contribution >= 4 is 16.9 Å². The number of para-hydroxylation sites is 1. The zero-order valence-electron chi connectivity index (χ0n) is 15.1. The first-order valence-electron chi connectivity index (χ1n) is 9.01. The number of nitrogens with zero attached hydrogens (tertiary/aromatic N) is 4. The minimum Gasteiger partial charge on any atom is -0.376 e. The number of nitrogens with one attached hydrogen (secondary N) is 1. The Morgan fingerprint density at radius 2 is 2.22 bits per heavy atom. The van der Waals surface area contributed by atoms with Crippen molar-refractivity contribution in [2.45, 2.75) is 32.4 Å². The predicted molar refractivity (Wildman–Crippen MR) is 99.8 cm³/mol. The third-order valence-electron chi connectivity index (χ3n) is 4.76. The lowest BCUT2D eigenvalue weighted by molar-refractivity contribution is -0.122. The van der Waals surface area contributed by atoms with Crippen molar-refractivity contribution in [1.82, 2.24) is 24.6 Å². The van der Waals surface area contributed by atoms with E-state index in [2.05, 4.69) is 15.4 Å². The van der Waals surface area contributed by atoms with Crippen LogP contribution in [0.2, 0.25) is 0 Å². The molecule has 27 heavy (non-hydrogen) atoms. The van der Waals surface area contributed by atoms with E-state index in [1.54, 1.807) is 4.68 Å². The van der Waals surface area contributed by atoms with Gasteiger partial charge in [0.1, 0.15) is 18.3 Å². The Bertz CT molecular complexity index is 1030. The Hall–Kier alpha value is -3.00. The second-order valence-corrected chi connectivity index (χ2v) is 6.70. The molecule has 1 aromatic carbocycles. The van der Waals surface area contributed by atoms with Crippen LogP contribution >= 0.6 is 0 Å². The normalized spacial score (nSPS) is 16.7. The van der Waals surface area contributed by atoms with E-state index >= 15 is 0 Å². The zero-order chi connectivity index (χ0) is 18.8. The fourth-order valence-electron chi connectivity index (χ4n) is 3.28. The van der Waals surface area contributed by atoms with E-state index in [9.17, 15) is 9.59 Å². The maximum Gasteiger partial charge on any atom is 0.264 e. The molecule has 1 amide bonds. The number of carbonyl (C=O) groups excluding carboxylic acids is 1. The van der Waals surface area contributed by atoms with Crippen molar-refractivity contribution in [3.63, 3.8) is 0 Å². The van der Waals surface area contributed by atoms with Crippen LogP contribution in [-0.2, 0) is 16.1 Å². The summed E-state index contributed by atoms with van der Waals surface area (Å²) in [4.78, 5) is 29.2. The van der Waals surface area contributed by atoms with Crippen LogP contribution in [0.5, 0.6) is 0 Å². The Labute approximate surface area is 155 Å². The van der Waals surface area contributed by atoms with Gasteiger partial charge in [0.2, 0.25) is 5.91 Å². The predicted octanol–water partition coefficient (Wildman–Crippen LogP) is 1.19. The molecule has 8 heteroatoms. The second kappa shape index (κ2) is 7.32. The van der Waals surface area contributed by atoms with Crippen LogP contribution in [0.3, 0.4) is 0 Å². The van der Waals surface area contributed by atoms with Crippen LogP contribution in [-0.4, -0.2) is 44.5 Å². The summed E-state index contributed by atoms with van der Waals surface area (Å²) in [5.74, 6) is -0.236. The van der Waals surface area contributed by atoms with Gasteiger partial charge < -0.3 is 10.1 Å². The van der Waals surface area contributed by atoms with Crippen molar-refractivity contribution in [2.75, 3.05) is 13.2 Å². The monoisotopic (exact) mass is 367 g/mol. The molecule has 0 saturated carbocycles. The van der Waals surface area contributed by atoms with Gasteiger partial charge in [-0.2, -0.15) is 5.10 Å². The maximum absolute atomic E-state index is 12.7. The molecule has 140 valence electrons. The molecule has 0 aliphatic carbocycles. The van der Waals surface area contributed by atoms with Gasteiger partial charge in [0.05, 0.1) is 18.0 Å². The summed E-state index contributed by atoms with van der Waals surface area (Å²) in [6.45, 7) is 3.10. The molecule has 1 aliphatic rings. The SMILES string of the molecule is Cc1ccccc1-n1ncc2c(=O)n(CC(=O)NCC3CCCO3)cnc21. The summed E-state index contributed by atoms with van der Waals surface area (Å²) in [6, 6.07) is 7.76. The van der Waals surface area contributed by atoms with Gasteiger partial charge in [0, 0.05) is 13.2 Å². The number of amides is 1. The Kier molecular flexibility index (Phi) is 4.72. The summed E-state index contributed by atoms with van der Waals surface area (Å²) >= 11 is 0. The molecule has 3 heterocycles. The maximum atomic E-state index is 12.7. The van der Waals surface area contributed by atoms with Crippen LogP contribution in [0.1, 0.15) is 18.4 Å². The van der Waals surface area contributed by atoms with Crippen LogP contribution in [0.15, 0.2) is 41.6 Å². The second-order valence-electron chi connectivity index (χ2n) is 6.70. The molecule has 4 rings (SSSR count). The van der Waals surface area contributed by atoms with Crippen molar-refractivity contribution in [2.24, 2.45) is 0 Å². The standard InChI is InChI=1S/C19H21N5O3/c1-13-5-2-3-7-16(13)24-18-15(10-22-24)19(26)23(12-21-18)11-17(25)20-9-14-6-4-8-27-14/h2-3,5,7,10,12,14H,4,6,8-9,11H2,1H3,(H,20,25). The van der Waals surface area contributed by atoms with E-state index in [1.807, 2.05) is 31.2 Å². The first-order valence-corrected chi connectivity index (χ1v) is 9.01. The molecule has 1 unspecified atom stereocenters. The lowest BCUT2D eigenvalue weighted by atomic mass is 10.2. The topological polar surface area (TPSA) is 91.0 Å². The van der Waals surface area contributed by atoms with Crippen LogP contribution in [0.25, 0.3) is 16.7 Å². The molecule has 0 spiro atoms. The van der Waals surface area contributed by atoms with E-state index in [0.717, 1.165) is 30.7 Å². The number of ether oxygens (including phenoxy) is 1. The zero-order valence-corrected chi connectivity index (χ0v) is 15.1. The summed E-state index contributed by atoms with van der Waals surface area (Å²) < 4.78 is 8.43. The molecule has 0 radical (unpaired) electrons. The number of aryl methyl sites for hydroxylation is 1. The molecule has 1 N–H and O–H groups in total. The first kappa shape index (κ1) is 17.4. The number of hydrogen-bond donors (Lipinski definition) is 1. The Morgan fingerprint density at radius 1 is 1.37 bits per heavy atom. The Morgan fingerprint density at radius 3 is 3.00 bits per heavy atom. The van der Waals surface area contributed by atoms with Gasteiger partial charge in [0.25, 0.3) is 5.56 Å². The molecular weight excluding hydrogens is 346 g/mol. The first-order chi connectivity index (χ1) is 13.1. The van der Waals surface area contributed by atoms with Gasteiger partial charge >= 0.3 is 0 Å². The Balaban J connectivity index is 1.55. The molecule has 3 aromatic rings. The third kappa shape index (κ3) is 3.48. The molecule has 8 nitrogen and oxygen atoms in total. The van der Waals surface area contributed by atoms with Crippen molar-refractivity contribution in [1.29, 1.82) is 0 Å². The average molecular weight is 367 g/mol. The lowest BCUT2D eigenvalue weighted by Crippen LogP contribution is -2.36. The summed E-state index contributed by atoms with van der Waals surface area (Å²) in [5, 5.41) is 7.52. The highest BCUT2D eigenvalue weighted by molar-refractivity contribution is 5.78. The van der Waals surface area contributed by atoms with Crippen LogP contribution in [0.4, 0.5) is 0 Å². The smallest absolute Gasteiger partial charge is 0.264 e. The quantitative estimate of drug-likeness (QED) is 0.731. The number of benzene rings is 1. The molecule has 1 atom stereocenters. The van der Waals surface area contributed by atoms with Gasteiger partial charge in [-0.05, 0) is 31.4 Å². The molecule has 1 saturated heterocycles. The lowest BCUT2D eigenvalue weighted by Gasteiger charge is -2.11. The molecular formula is C19H21N5O3. The highest BCUT2D eigenvalue weighted by Gasteiger charge is 2.17. The average Bonchev–Trinajstić information content (AvgIpc) is 3.33. The summed E-state index contributed by atoms with van der Waals surface area (Å²) in [7, 11) is 0. The largest absolute Gasteiger partial charge is 0.376 e. The number of fused-ring (bicyclic) bond motifs is 1. The van der Waals surface area contributed by atoms with Crippen molar-refractivity contribution in [3.8, 4) is 5.69 Å². The highest BCUT2D eigenvalue weighted by atomic mass is 16.5. The van der Waals surface area contributed by atoms with E-state index in [4.69, 9.17) is 4.74 Å². The number of hydrogen-bond acceptors (Lipinski definition) is 5. The number of carbonyl (C=O) groups is 1. The fraction of sp³-hybridized carbons (Fsp3) is 0.368. The van der Waals surface area contributed by atoms with Crippen molar-refractivity contribution in [3.05, 3.63) is 52.7 Å². The molecule has 2 aromatic heterocycles. The van der Waals surface area contributed by atoms with Crippen LogP contribution in [0, 0.1) is 6.92 Å².